The van der Waals surface area contributed by atoms with E-state index in [2.05, 4.69) is 48.3 Å². The van der Waals surface area contributed by atoms with Gasteiger partial charge in [0, 0.05) is 31.9 Å². The van der Waals surface area contributed by atoms with E-state index in [1.807, 2.05) is 0 Å². The Hall–Kier alpha value is -1.55. The second-order valence-electron chi connectivity index (χ2n) is 5.89. The molecule has 0 radical (unpaired) electrons. The van der Waals surface area contributed by atoms with Crippen LogP contribution < -0.4 is 10.2 Å². The van der Waals surface area contributed by atoms with E-state index in [1.165, 1.54) is 11.3 Å². The first kappa shape index (κ1) is 16.8. The molecule has 1 aromatic carbocycles. The average Bonchev–Trinajstić information content (AvgIpc) is 2.95. The largest absolute Gasteiger partial charge is 0.396 e. The zero-order valence-electron chi connectivity index (χ0n) is 13.9. The van der Waals surface area contributed by atoms with E-state index in [0.29, 0.717) is 5.92 Å². The highest BCUT2D eigenvalue weighted by Gasteiger charge is 2.22. The first-order chi connectivity index (χ1) is 10.8. The molecule has 1 aliphatic heterocycles. The van der Waals surface area contributed by atoms with Crippen LogP contribution in [0.5, 0.6) is 0 Å². The summed E-state index contributed by atoms with van der Waals surface area (Å²) in [6, 6.07) is 8.56. The maximum absolute atomic E-state index is 9.20. The van der Waals surface area contributed by atoms with Gasteiger partial charge >= 0.3 is 0 Å². The molecule has 0 aliphatic carbocycles. The van der Waals surface area contributed by atoms with Gasteiger partial charge in [0.15, 0.2) is 5.96 Å². The van der Waals surface area contributed by atoms with Gasteiger partial charge in [-0.15, -0.1) is 0 Å². The van der Waals surface area contributed by atoms with Gasteiger partial charge in [0.2, 0.25) is 0 Å². The summed E-state index contributed by atoms with van der Waals surface area (Å²) < 4.78 is 0. The monoisotopic (exact) mass is 303 g/mol. The molecule has 122 valence electrons. The van der Waals surface area contributed by atoms with Crippen LogP contribution in [0.4, 0.5) is 5.69 Å². The molecule has 1 atom stereocenters. The maximum Gasteiger partial charge on any atom is 0.198 e. The molecule has 1 aliphatic rings. The Morgan fingerprint density at radius 1 is 1.32 bits per heavy atom. The molecule has 1 heterocycles. The second-order valence-corrected chi connectivity index (χ2v) is 5.89. The number of para-hydroxylation sites is 1. The molecule has 1 unspecified atom stereocenters. The highest BCUT2D eigenvalue weighted by atomic mass is 16.3. The molecule has 2 N–H and O–H groups in total. The normalized spacial score (nSPS) is 15.8. The number of nitrogens with one attached hydrogen (secondary N) is 1. The van der Waals surface area contributed by atoms with Gasteiger partial charge < -0.3 is 15.3 Å². The van der Waals surface area contributed by atoms with E-state index in [0.717, 1.165) is 51.3 Å². The smallest absolute Gasteiger partial charge is 0.198 e. The minimum absolute atomic E-state index is 0.253. The van der Waals surface area contributed by atoms with Gasteiger partial charge in [-0.2, -0.15) is 0 Å². The van der Waals surface area contributed by atoms with E-state index >= 15 is 0 Å². The van der Waals surface area contributed by atoms with E-state index in [1.54, 1.807) is 0 Å². The van der Waals surface area contributed by atoms with Gasteiger partial charge in [-0.1, -0.05) is 31.5 Å². The summed E-state index contributed by atoms with van der Waals surface area (Å²) in [5.74, 6) is 1.45. The molecule has 0 spiro atoms. The third-order valence-corrected chi connectivity index (χ3v) is 4.21. The molecular formula is C18H29N3O. The molecule has 0 aromatic heterocycles. The summed E-state index contributed by atoms with van der Waals surface area (Å²) >= 11 is 0. The Morgan fingerprint density at radius 3 is 2.86 bits per heavy atom. The number of aliphatic imine (C=N–C) groups is 1. The predicted octanol–water partition coefficient (Wildman–Crippen LogP) is 2.81. The second kappa shape index (κ2) is 8.79. The predicted molar refractivity (Wildman–Crippen MR) is 93.6 cm³/mol. The van der Waals surface area contributed by atoms with Crippen molar-refractivity contribution in [2.45, 2.75) is 39.5 Å². The Labute approximate surface area is 134 Å². The topological polar surface area (TPSA) is 47.9 Å². The number of aliphatic hydroxyl groups is 1. The first-order valence-electron chi connectivity index (χ1n) is 8.54. The molecule has 22 heavy (non-hydrogen) atoms. The number of hydrogen-bond acceptors (Lipinski definition) is 2. The van der Waals surface area contributed by atoms with Crippen molar-refractivity contribution >= 4 is 11.6 Å². The van der Waals surface area contributed by atoms with Crippen LogP contribution in [0, 0.1) is 5.92 Å². The van der Waals surface area contributed by atoms with E-state index in [9.17, 15) is 5.11 Å². The van der Waals surface area contributed by atoms with Crippen molar-refractivity contribution in [3.05, 3.63) is 29.8 Å². The molecule has 0 saturated heterocycles. The molecule has 1 aromatic rings. The van der Waals surface area contributed by atoms with Crippen LogP contribution in [0.2, 0.25) is 0 Å². The minimum Gasteiger partial charge on any atom is -0.396 e. The quantitative estimate of drug-likeness (QED) is 0.601. The highest BCUT2D eigenvalue weighted by molar-refractivity contribution is 5.97. The van der Waals surface area contributed by atoms with Crippen LogP contribution in [0.15, 0.2) is 29.3 Å². The number of rotatable bonds is 7. The van der Waals surface area contributed by atoms with E-state index in [4.69, 9.17) is 4.99 Å². The third kappa shape index (κ3) is 4.23. The molecule has 0 amide bonds. The van der Waals surface area contributed by atoms with Crippen LogP contribution in [-0.4, -0.2) is 37.3 Å². The standard InChI is InChI=1S/C18H29N3O/c1-3-7-15(11-13-22)14-20-18(19-4-2)21-12-10-16-8-5-6-9-17(16)21/h5-6,8-9,15,22H,3-4,7,10-14H2,1-2H3,(H,19,20). The van der Waals surface area contributed by atoms with Crippen molar-refractivity contribution in [1.29, 1.82) is 0 Å². The van der Waals surface area contributed by atoms with Gasteiger partial charge in [-0.3, -0.25) is 4.99 Å². The van der Waals surface area contributed by atoms with E-state index < -0.39 is 0 Å². The van der Waals surface area contributed by atoms with Crippen LogP contribution in [0.3, 0.4) is 0 Å². The molecule has 2 rings (SSSR count). The van der Waals surface area contributed by atoms with Crippen LogP contribution >= 0.6 is 0 Å². The Kier molecular flexibility index (Phi) is 6.72. The molecular weight excluding hydrogens is 274 g/mol. The van der Waals surface area contributed by atoms with Gasteiger partial charge in [-0.05, 0) is 43.7 Å². The fourth-order valence-corrected chi connectivity index (χ4v) is 3.09. The first-order valence-corrected chi connectivity index (χ1v) is 8.54. The Balaban J connectivity index is 2.11. The zero-order chi connectivity index (χ0) is 15.8. The number of aliphatic hydroxyl groups excluding tert-OH is 1. The SMILES string of the molecule is CCCC(CCO)CN=C(NCC)N1CCc2ccccc21. The summed E-state index contributed by atoms with van der Waals surface area (Å²) in [6.07, 6.45) is 4.19. The summed E-state index contributed by atoms with van der Waals surface area (Å²) in [6.45, 7) is 7.20. The zero-order valence-corrected chi connectivity index (χ0v) is 13.9. The number of nitrogens with zero attached hydrogens (tertiary/aromatic N) is 2. The van der Waals surface area contributed by atoms with Gasteiger partial charge in [0.25, 0.3) is 0 Å². The van der Waals surface area contributed by atoms with Gasteiger partial charge in [-0.25, -0.2) is 0 Å². The van der Waals surface area contributed by atoms with Crippen molar-refractivity contribution < 1.29 is 5.11 Å². The maximum atomic E-state index is 9.20. The lowest BCUT2D eigenvalue weighted by atomic mass is 10.0. The number of benzene rings is 1. The highest BCUT2D eigenvalue weighted by Crippen LogP contribution is 2.27. The molecule has 4 nitrogen and oxygen atoms in total. The fourth-order valence-electron chi connectivity index (χ4n) is 3.09. The lowest BCUT2D eigenvalue weighted by Crippen LogP contribution is -2.41. The minimum atomic E-state index is 0.253. The van der Waals surface area contributed by atoms with Crippen molar-refractivity contribution in [2.75, 3.05) is 31.1 Å². The van der Waals surface area contributed by atoms with Crippen molar-refractivity contribution in [1.82, 2.24) is 5.32 Å². The van der Waals surface area contributed by atoms with Crippen molar-refractivity contribution in [2.24, 2.45) is 10.9 Å². The molecule has 0 fully saturated rings. The Morgan fingerprint density at radius 2 is 2.14 bits per heavy atom. The third-order valence-electron chi connectivity index (χ3n) is 4.21. The van der Waals surface area contributed by atoms with E-state index in [-0.39, 0.29) is 6.61 Å². The lowest BCUT2D eigenvalue weighted by Gasteiger charge is -2.23. The number of guanidine groups is 1. The lowest BCUT2D eigenvalue weighted by molar-refractivity contribution is 0.253. The summed E-state index contributed by atoms with van der Waals surface area (Å²) in [5, 5.41) is 12.6. The van der Waals surface area contributed by atoms with Crippen LogP contribution in [-0.2, 0) is 6.42 Å². The fraction of sp³-hybridized carbons (Fsp3) is 0.611. The summed E-state index contributed by atoms with van der Waals surface area (Å²) in [5.41, 5.74) is 2.67. The average molecular weight is 303 g/mol. The summed E-state index contributed by atoms with van der Waals surface area (Å²) in [4.78, 5) is 7.14. The number of anilines is 1. The van der Waals surface area contributed by atoms with Crippen LogP contribution in [0.1, 0.15) is 38.7 Å². The van der Waals surface area contributed by atoms with Gasteiger partial charge in [0.1, 0.15) is 0 Å². The summed E-state index contributed by atoms with van der Waals surface area (Å²) in [7, 11) is 0. The molecule has 4 heteroatoms. The van der Waals surface area contributed by atoms with Crippen LogP contribution in [0.25, 0.3) is 0 Å². The number of fused-ring (bicyclic) bond motifs is 1. The molecule has 0 bridgehead atoms. The number of hydrogen-bond donors (Lipinski definition) is 2. The van der Waals surface area contributed by atoms with Crippen molar-refractivity contribution in [3.8, 4) is 0 Å². The van der Waals surface area contributed by atoms with Gasteiger partial charge in [0.05, 0.1) is 0 Å². The Bertz CT molecular complexity index is 481. The van der Waals surface area contributed by atoms with Crippen molar-refractivity contribution in [3.63, 3.8) is 0 Å². The molecule has 0 saturated carbocycles.